The first-order valence-electron chi connectivity index (χ1n) is 10.4. The molecule has 2 aliphatic rings. The van der Waals surface area contributed by atoms with Crippen LogP contribution in [0.25, 0.3) is 11.6 Å². The second kappa shape index (κ2) is 7.74. The summed E-state index contributed by atoms with van der Waals surface area (Å²) in [5, 5.41) is 9.53. The van der Waals surface area contributed by atoms with Gasteiger partial charge in [0.25, 0.3) is 0 Å². The van der Waals surface area contributed by atoms with Crippen LogP contribution in [0, 0.1) is 12.8 Å². The second-order valence-electron chi connectivity index (χ2n) is 8.36. The molecule has 3 aromatic rings. The Kier molecular flexibility index (Phi) is 5.06. The van der Waals surface area contributed by atoms with Gasteiger partial charge in [-0.1, -0.05) is 23.9 Å². The topological polar surface area (TPSA) is 69.2 Å². The summed E-state index contributed by atoms with van der Waals surface area (Å²) >= 11 is 1.75. The highest BCUT2D eigenvalue weighted by Gasteiger charge is 2.60. The van der Waals surface area contributed by atoms with Gasteiger partial charge in [0.1, 0.15) is 5.75 Å². The number of likely N-dealkylation sites (tertiary alicyclic amines) is 1. The number of benzene rings is 1. The van der Waals surface area contributed by atoms with E-state index < -0.39 is 0 Å². The molecule has 7 nitrogen and oxygen atoms in total. The molecule has 1 aromatic carbocycles. The smallest absolute Gasteiger partial charge is 0.202 e. The van der Waals surface area contributed by atoms with E-state index in [-0.39, 0.29) is 0 Å². The molecule has 8 heteroatoms. The largest absolute Gasteiger partial charge is 0.497 e. The molecule has 1 aliphatic heterocycles. The highest BCUT2D eigenvalue weighted by atomic mass is 32.2. The van der Waals surface area contributed by atoms with Gasteiger partial charge in [-0.25, -0.2) is 4.98 Å². The van der Waals surface area contributed by atoms with E-state index in [1.54, 1.807) is 18.9 Å². The molecule has 0 unspecified atom stereocenters. The number of methoxy groups -OCH3 is 1. The number of hydrogen-bond donors (Lipinski definition) is 0. The molecule has 158 valence electrons. The number of hydrogen-bond acceptors (Lipinski definition) is 7. The maximum Gasteiger partial charge on any atom is 0.202 e. The van der Waals surface area contributed by atoms with E-state index in [1.165, 1.54) is 24.9 Å². The maximum atomic E-state index is 5.45. The van der Waals surface area contributed by atoms with Crippen molar-refractivity contribution < 1.29 is 9.15 Å². The van der Waals surface area contributed by atoms with Crippen LogP contribution in [-0.4, -0.2) is 57.1 Å². The number of rotatable bonds is 8. The minimum absolute atomic E-state index is 0.356. The van der Waals surface area contributed by atoms with Gasteiger partial charge in [0.2, 0.25) is 5.82 Å². The van der Waals surface area contributed by atoms with Crippen molar-refractivity contribution >= 4 is 11.8 Å². The van der Waals surface area contributed by atoms with E-state index in [0.29, 0.717) is 11.2 Å². The molecule has 0 spiro atoms. The average Bonchev–Trinajstić information content (AvgIpc) is 3.05. The summed E-state index contributed by atoms with van der Waals surface area (Å²) in [5.41, 5.74) is 2.63. The van der Waals surface area contributed by atoms with Crippen molar-refractivity contribution in [1.82, 2.24) is 24.6 Å². The zero-order valence-electron chi connectivity index (χ0n) is 17.7. The summed E-state index contributed by atoms with van der Waals surface area (Å²) in [6.07, 6.45) is 3.90. The number of aryl methyl sites for hydroxylation is 1. The monoisotopic (exact) mass is 425 g/mol. The van der Waals surface area contributed by atoms with Crippen molar-refractivity contribution in [2.24, 2.45) is 13.0 Å². The molecule has 0 N–H and O–H groups in total. The molecule has 0 radical (unpaired) electrons. The Morgan fingerprint density at radius 1 is 1.33 bits per heavy atom. The fourth-order valence-electron chi connectivity index (χ4n) is 4.74. The van der Waals surface area contributed by atoms with E-state index in [1.807, 2.05) is 24.6 Å². The van der Waals surface area contributed by atoms with Crippen molar-refractivity contribution in [3.8, 4) is 17.3 Å². The van der Waals surface area contributed by atoms with Crippen LogP contribution < -0.4 is 4.74 Å². The maximum absolute atomic E-state index is 5.45. The average molecular weight is 426 g/mol. The van der Waals surface area contributed by atoms with Crippen LogP contribution in [0.5, 0.6) is 5.75 Å². The van der Waals surface area contributed by atoms with E-state index in [0.717, 1.165) is 53.6 Å². The molecular formula is C22H27N5O2S. The Morgan fingerprint density at radius 3 is 3.03 bits per heavy atom. The Morgan fingerprint density at radius 2 is 2.23 bits per heavy atom. The zero-order valence-corrected chi connectivity index (χ0v) is 18.5. The highest BCUT2D eigenvalue weighted by molar-refractivity contribution is 7.99. The van der Waals surface area contributed by atoms with Crippen molar-refractivity contribution in [3.63, 3.8) is 0 Å². The molecule has 0 amide bonds. The lowest BCUT2D eigenvalue weighted by Crippen LogP contribution is -2.27. The van der Waals surface area contributed by atoms with Gasteiger partial charge in [-0.2, -0.15) is 0 Å². The van der Waals surface area contributed by atoms with Crippen molar-refractivity contribution in [2.75, 3.05) is 32.5 Å². The second-order valence-corrected chi connectivity index (χ2v) is 9.42. The Bertz CT molecular complexity index is 1050. The predicted octanol–water partition coefficient (Wildman–Crippen LogP) is 3.54. The highest BCUT2D eigenvalue weighted by Crippen LogP contribution is 2.59. The molecule has 1 saturated heterocycles. The first-order chi connectivity index (χ1) is 14.6. The Balaban J connectivity index is 1.13. The number of oxazole rings is 1. The summed E-state index contributed by atoms with van der Waals surface area (Å²) < 4.78 is 12.9. The van der Waals surface area contributed by atoms with E-state index in [4.69, 9.17) is 9.15 Å². The van der Waals surface area contributed by atoms with Crippen LogP contribution in [-0.2, 0) is 12.5 Å². The molecule has 3 heterocycles. The number of ether oxygens (including phenoxy) is 1. The van der Waals surface area contributed by atoms with Gasteiger partial charge < -0.3 is 18.6 Å². The zero-order chi connectivity index (χ0) is 20.7. The lowest BCUT2D eigenvalue weighted by Gasteiger charge is -2.21. The molecule has 5 rings (SSSR count). The van der Waals surface area contributed by atoms with Crippen LogP contribution in [0.1, 0.15) is 24.1 Å². The van der Waals surface area contributed by atoms with Gasteiger partial charge in [-0.3, -0.25) is 0 Å². The summed E-state index contributed by atoms with van der Waals surface area (Å²) in [7, 11) is 3.72. The fraction of sp³-hybridized carbons (Fsp3) is 0.500. The van der Waals surface area contributed by atoms with E-state index in [9.17, 15) is 0 Å². The molecule has 0 bridgehead atoms. The number of aromatic nitrogens is 4. The van der Waals surface area contributed by atoms with Gasteiger partial charge in [0, 0.05) is 31.3 Å². The van der Waals surface area contributed by atoms with Crippen LogP contribution in [0.15, 0.2) is 40.2 Å². The summed E-state index contributed by atoms with van der Waals surface area (Å²) in [4.78, 5) is 6.76. The van der Waals surface area contributed by atoms with E-state index >= 15 is 0 Å². The molecule has 1 saturated carbocycles. The van der Waals surface area contributed by atoms with Crippen LogP contribution in [0.2, 0.25) is 0 Å². The number of piperidine rings is 1. The van der Waals surface area contributed by atoms with Gasteiger partial charge in [-0.05, 0) is 49.9 Å². The normalized spacial score (nSPS) is 23.0. The first kappa shape index (κ1) is 19.6. The molecule has 2 fully saturated rings. The third-order valence-electron chi connectivity index (χ3n) is 6.49. The summed E-state index contributed by atoms with van der Waals surface area (Å²) in [6, 6.07) is 8.64. The van der Waals surface area contributed by atoms with Gasteiger partial charge in [-0.15, -0.1) is 10.2 Å². The van der Waals surface area contributed by atoms with Crippen LogP contribution in [0.4, 0.5) is 0 Å². The van der Waals surface area contributed by atoms with E-state index in [2.05, 4.69) is 38.3 Å². The van der Waals surface area contributed by atoms with Crippen molar-refractivity contribution in [3.05, 3.63) is 41.9 Å². The van der Waals surface area contributed by atoms with Crippen molar-refractivity contribution in [1.29, 1.82) is 0 Å². The summed E-state index contributed by atoms with van der Waals surface area (Å²) in [5.74, 6) is 4.20. The minimum atomic E-state index is 0.356. The molecular weight excluding hydrogens is 398 g/mol. The Hall–Kier alpha value is -2.32. The fourth-order valence-corrected chi connectivity index (χ4v) is 5.58. The lowest BCUT2D eigenvalue weighted by atomic mass is 9.95. The first-order valence-corrected chi connectivity index (χ1v) is 11.4. The number of thioether (sulfide) groups is 1. The number of fused-ring (bicyclic) bond motifs is 1. The molecule has 2 atom stereocenters. The predicted molar refractivity (Wildman–Crippen MR) is 116 cm³/mol. The van der Waals surface area contributed by atoms with Gasteiger partial charge in [0.15, 0.2) is 17.3 Å². The minimum Gasteiger partial charge on any atom is -0.497 e. The SMILES string of the molecule is COc1cccc([C@]23C[C@@H]2CN(CCCSc2nnc(-c4ocnc4C)n2C)C3)c1. The van der Waals surface area contributed by atoms with Crippen LogP contribution in [0.3, 0.4) is 0 Å². The third-order valence-corrected chi connectivity index (χ3v) is 7.60. The molecule has 30 heavy (non-hydrogen) atoms. The van der Waals surface area contributed by atoms with Gasteiger partial charge >= 0.3 is 0 Å². The Labute approximate surface area is 180 Å². The van der Waals surface area contributed by atoms with Crippen LogP contribution >= 0.6 is 11.8 Å². The standard InChI is InChI=1S/C22H27N5O2S/c1-15-19(29-14-23-15)20-24-25-21(26(20)2)30-9-5-8-27-12-17-11-22(17,13-27)16-6-4-7-18(10-16)28-3/h4,6-7,10,14,17H,5,8-9,11-13H2,1-3H3/t17-,22-/m1/s1. The lowest BCUT2D eigenvalue weighted by molar-refractivity contribution is 0.299. The number of nitrogens with zero attached hydrogens (tertiary/aromatic N) is 5. The quantitative estimate of drug-likeness (QED) is 0.404. The summed E-state index contributed by atoms with van der Waals surface area (Å²) in [6.45, 7) is 5.41. The van der Waals surface area contributed by atoms with Crippen molar-refractivity contribution in [2.45, 2.75) is 30.3 Å². The molecule has 1 aliphatic carbocycles. The third kappa shape index (κ3) is 3.41. The van der Waals surface area contributed by atoms with Gasteiger partial charge in [0.05, 0.1) is 12.8 Å². The molecule has 2 aromatic heterocycles.